The van der Waals surface area contributed by atoms with Crippen LogP contribution in [0.5, 0.6) is 5.75 Å². The summed E-state index contributed by atoms with van der Waals surface area (Å²) in [5, 5.41) is 5.17. The van der Waals surface area contributed by atoms with Crippen LogP contribution in [0.25, 0.3) is 0 Å². The molecule has 4 rings (SSSR count). The minimum absolute atomic E-state index is 0.601. The van der Waals surface area contributed by atoms with Crippen LogP contribution in [0.3, 0.4) is 0 Å². The quantitative estimate of drug-likeness (QED) is 0.457. The first kappa shape index (κ1) is 18.5. The van der Waals surface area contributed by atoms with Crippen molar-refractivity contribution in [2.24, 2.45) is 5.10 Å². The van der Waals surface area contributed by atoms with E-state index in [4.69, 9.17) is 22.7 Å². The van der Waals surface area contributed by atoms with Crippen LogP contribution in [0.1, 0.15) is 17.7 Å². The van der Waals surface area contributed by atoms with Crippen LogP contribution in [0.15, 0.2) is 41.6 Å². The molecule has 1 fully saturated rings. The van der Waals surface area contributed by atoms with Gasteiger partial charge in [0.1, 0.15) is 11.4 Å². The maximum Gasteiger partial charge on any atom is 0.189 e. The third-order valence-corrected chi connectivity index (χ3v) is 5.30. The van der Waals surface area contributed by atoms with Crippen molar-refractivity contribution < 1.29 is 4.74 Å². The van der Waals surface area contributed by atoms with Crippen LogP contribution in [0.4, 0.5) is 11.4 Å². The van der Waals surface area contributed by atoms with E-state index in [0.29, 0.717) is 18.1 Å². The molecule has 2 aliphatic rings. The molecule has 0 spiro atoms. The van der Waals surface area contributed by atoms with E-state index < -0.39 is 0 Å². The molecule has 0 saturated carbocycles. The van der Waals surface area contributed by atoms with Crippen LogP contribution in [-0.2, 0) is 0 Å². The number of thiocarbonyl (C=S) groups is 1. The molecule has 0 radical (unpaired) electrons. The molecule has 8 heteroatoms. The predicted octanol–water partition coefficient (Wildman–Crippen LogP) is 2.16. The second-order valence-corrected chi connectivity index (χ2v) is 7.39. The summed E-state index contributed by atoms with van der Waals surface area (Å²) < 4.78 is 5.69. The Morgan fingerprint density at radius 2 is 2.07 bits per heavy atom. The van der Waals surface area contributed by atoms with E-state index in [2.05, 4.69) is 31.4 Å². The standard InChI is InChI=1S/C20H24N6OS/c1-14-11-18-19(22-13-14)17(5-10-27-18)23-24-20(28)26-8-6-25(7-9-26)16-4-2-3-15(21)12-16/h2-4,11-13H,5-10,21H2,1H3,(H,24,28)/b23-17-. The van der Waals surface area contributed by atoms with Crippen molar-refractivity contribution in [3.8, 4) is 5.75 Å². The van der Waals surface area contributed by atoms with Crippen molar-refractivity contribution in [2.75, 3.05) is 43.4 Å². The topological polar surface area (TPSA) is 79.0 Å². The molecule has 2 aromatic rings. The number of anilines is 2. The molecular weight excluding hydrogens is 372 g/mol. The van der Waals surface area contributed by atoms with Gasteiger partial charge in [-0.1, -0.05) is 6.07 Å². The largest absolute Gasteiger partial charge is 0.491 e. The minimum Gasteiger partial charge on any atom is -0.491 e. The normalized spacial score (nSPS) is 17.8. The Morgan fingerprint density at radius 3 is 2.86 bits per heavy atom. The molecule has 0 bridgehead atoms. The highest BCUT2D eigenvalue weighted by Gasteiger charge is 2.21. The Morgan fingerprint density at radius 1 is 1.25 bits per heavy atom. The Bertz CT molecular complexity index is 907. The number of pyridine rings is 1. The van der Waals surface area contributed by atoms with E-state index in [-0.39, 0.29) is 0 Å². The number of aryl methyl sites for hydroxylation is 1. The number of benzene rings is 1. The van der Waals surface area contributed by atoms with Gasteiger partial charge in [0.25, 0.3) is 0 Å². The highest BCUT2D eigenvalue weighted by atomic mass is 32.1. The number of nitrogens with zero attached hydrogens (tertiary/aromatic N) is 4. The van der Waals surface area contributed by atoms with Gasteiger partial charge in [-0.3, -0.25) is 10.4 Å². The average molecular weight is 397 g/mol. The summed E-state index contributed by atoms with van der Waals surface area (Å²) in [7, 11) is 0. The molecule has 0 aliphatic carbocycles. The van der Waals surface area contributed by atoms with Crippen LogP contribution in [-0.4, -0.2) is 53.5 Å². The molecule has 28 heavy (non-hydrogen) atoms. The van der Waals surface area contributed by atoms with Gasteiger partial charge in [0.15, 0.2) is 5.11 Å². The average Bonchev–Trinajstić information content (AvgIpc) is 2.72. The summed E-state index contributed by atoms with van der Waals surface area (Å²) in [6, 6.07) is 9.98. The van der Waals surface area contributed by atoms with Crippen molar-refractivity contribution in [3.05, 3.63) is 47.8 Å². The first-order valence-electron chi connectivity index (χ1n) is 9.42. The van der Waals surface area contributed by atoms with Crippen molar-refractivity contribution in [1.82, 2.24) is 15.3 Å². The molecule has 146 valence electrons. The number of nitrogens with one attached hydrogen (secondary N) is 1. The summed E-state index contributed by atoms with van der Waals surface area (Å²) in [6.07, 6.45) is 2.54. The lowest BCUT2D eigenvalue weighted by atomic mass is 10.1. The number of rotatable bonds is 2. The number of nitrogen functional groups attached to an aromatic ring is 1. The van der Waals surface area contributed by atoms with Gasteiger partial charge in [0.2, 0.25) is 0 Å². The molecule has 0 unspecified atom stereocenters. The van der Waals surface area contributed by atoms with Gasteiger partial charge in [-0.2, -0.15) is 5.10 Å². The lowest BCUT2D eigenvalue weighted by molar-refractivity contribution is 0.317. The fraction of sp³-hybridized carbons (Fsp3) is 0.350. The van der Waals surface area contributed by atoms with E-state index in [1.807, 2.05) is 37.4 Å². The van der Waals surface area contributed by atoms with Gasteiger partial charge in [0, 0.05) is 50.2 Å². The third-order valence-electron chi connectivity index (χ3n) is 4.95. The molecule has 1 aromatic heterocycles. The summed E-state index contributed by atoms with van der Waals surface area (Å²) in [4.78, 5) is 8.94. The highest BCUT2D eigenvalue weighted by molar-refractivity contribution is 7.80. The first-order chi connectivity index (χ1) is 13.6. The van der Waals surface area contributed by atoms with Gasteiger partial charge in [0.05, 0.1) is 12.3 Å². The zero-order chi connectivity index (χ0) is 19.5. The third kappa shape index (κ3) is 4.01. The fourth-order valence-corrected chi connectivity index (χ4v) is 3.66. The van der Waals surface area contributed by atoms with Crippen molar-refractivity contribution in [2.45, 2.75) is 13.3 Å². The Labute approximate surface area is 170 Å². The summed E-state index contributed by atoms with van der Waals surface area (Å²) in [5.41, 5.74) is 13.6. The summed E-state index contributed by atoms with van der Waals surface area (Å²) in [5.74, 6) is 0.786. The maximum absolute atomic E-state index is 5.90. The van der Waals surface area contributed by atoms with Gasteiger partial charge in [-0.25, -0.2) is 0 Å². The van der Waals surface area contributed by atoms with E-state index >= 15 is 0 Å². The molecule has 7 nitrogen and oxygen atoms in total. The maximum atomic E-state index is 5.90. The van der Waals surface area contributed by atoms with E-state index in [0.717, 1.165) is 60.3 Å². The Kier molecular flexibility index (Phi) is 5.29. The van der Waals surface area contributed by atoms with E-state index in [9.17, 15) is 0 Å². The van der Waals surface area contributed by atoms with E-state index in [1.165, 1.54) is 0 Å². The van der Waals surface area contributed by atoms with Crippen molar-refractivity contribution in [3.63, 3.8) is 0 Å². The molecule has 1 saturated heterocycles. The smallest absolute Gasteiger partial charge is 0.189 e. The van der Waals surface area contributed by atoms with Crippen LogP contribution < -0.4 is 20.8 Å². The number of piperazine rings is 1. The molecular formula is C20H24N6OS. The minimum atomic E-state index is 0.601. The number of fused-ring (bicyclic) bond motifs is 1. The molecule has 2 aliphatic heterocycles. The van der Waals surface area contributed by atoms with Gasteiger partial charge in [-0.15, -0.1) is 0 Å². The Balaban J connectivity index is 1.36. The predicted molar refractivity (Wildman–Crippen MR) is 116 cm³/mol. The first-order valence-corrected chi connectivity index (χ1v) is 9.83. The molecule has 3 heterocycles. The van der Waals surface area contributed by atoms with Gasteiger partial charge in [-0.05, 0) is 49.0 Å². The Hall–Kier alpha value is -2.87. The van der Waals surface area contributed by atoms with Gasteiger partial charge >= 0.3 is 0 Å². The summed E-state index contributed by atoms with van der Waals surface area (Å²) in [6.45, 7) is 6.05. The number of nitrogens with two attached hydrogens (primary N) is 1. The number of hydrazone groups is 1. The second kappa shape index (κ2) is 8.02. The lowest BCUT2D eigenvalue weighted by Crippen LogP contribution is -2.51. The SMILES string of the molecule is Cc1cnc2c(c1)OCC/C2=N/NC(=S)N1CCN(c2cccc(N)c2)CC1. The van der Waals surface area contributed by atoms with Crippen LogP contribution in [0, 0.1) is 6.92 Å². The second-order valence-electron chi connectivity index (χ2n) is 7.00. The van der Waals surface area contributed by atoms with Crippen LogP contribution in [0.2, 0.25) is 0 Å². The van der Waals surface area contributed by atoms with Crippen molar-refractivity contribution in [1.29, 1.82) is 0 Å². The van der Waals surface area contributed by atoms with E-state index in [1.54, 1.807) is 0 Å². The van der Waals surface area contributed by atoms with Crippen LogP contribution >= 0.6 is 12.2 Å². The van der Waals surface area contributed by atoms with Crippen molar-refractivity contribution >= 4 is 34.4 Å². The number of hydrogen-bond acceptors (Lipinski definition) is 6. The number of hydrogen-bond donors (Lipinski definition) is 2. The fourth-order valence-electron chi connectivity index (χ4n) is 3.43. The zero-order valence-corrected chi connectivity index (χ0v) is 16.7. The molecule has 1 aromatic carbocycles. The molecule has 3 N–H and O–H groups in total. The lowest BCUT2D eigenvalue weighted by Gasteiger charge is -2.37. The molecule has 0 amide bonds. The summed E-state index contributed by atoms with van der Waals surface area (Å²) >= 11 is 5.56. The van der Waals surface area contributed by atoms with Gasteiger partial charge < -0.3 is 20.3 Å². The highest BCUT2D eigenvalue weighted by Crippen LogP contribution is 2.24. The number of aromatic nitrogens is 1. The monoisotopic (exact) mass is 396 g/mol. The number of ether oxygens (including phenoxy) is 1. The zero-order valence-electron chi connectivity index (χ0n) is 15.9. The molecule has 0 atom stereocenters.